The summed E-state index contributed by atoms with van der Waals surface area (Å²) in [5, 5.41) is 10.9. The standard InChI is InChI=1S/C19H27NO/c1-2-3-4-5-6-7-8-9-11-16-14-15-20-19-17(16)12-10-13-18(19)21/h10,12-15,21H,2-9,11H2,1H3. The molecule has 0 aliphatic carbocycles. The van der Waals surface area contributed by atoms with Crippen LogP contribution in [0.4, 0.5) is 0 Å². The number of para-hydroxylation sites is 1. The van der Waals surface area contributed by atoms with Gasteiger partial charge >= 0.3 is 0 Å². The van der Waals surface area contributed by atoms with E-state index in [4.69, 9.17) is 0 Å². The van der Waals surface area contributed by atoms with E-state index in [1.165, 1.54) is 56.9 Å². The summed E-state index contributed by atoms with van der Waals surface area (Å²) in [6, 6.07) is 7.75. The molecule has 21 heavy (non-hydrogen) atoms. The lowest BCUT2D eigenvalue weighted by atomic mass is 10.0. The van der Waals surface area contributed by atoms with Gasteiger partial charge in [0.15, 0.2) is 0 Å². The second-order valence-electron chi connectivity index (χ2n) is 5.87. The van der Waals surface area contributed by atoms with Gasteiger partial charge in [-0.05, 0) is 30.5 Å². The third kappa shape index (κ3) is 4.73. The number of benzene rings is 1. The van der Waals surface area contributed by atoms with Crippen LogP contribution < -0.4 is 0 Å². The lowest BCUT2D eigenvalue weighted by Crippen LogP contribution is -1.90. The van der Waals surface area contributed by atoms with Crippen LogP contribution in [0.25, 0.3) is 10.9 Å². The summed E-state index contributed by atoms with van der Waals surface area (Å²) in [5.74, 6) is 0.283. The van der Waals surface area contributed by atoms with Gasteiger partial charge in [-0.3, -0.25) is 4.98 Å². The number of aromatic hydroxyl groups is 1. The number of phenols is 1. The molecule has 2 aromatic rings. The molecule has 0 aliphatic rings. The Labute approximate surface area is 128 Å². The first kappa shape index (κ1) is 15.8. The summed E-state index contributed by atoms with van der Waals surface area (Å²) in [5.41, 5.74) is 2.04. The van der Waals surface area contributed by atoms with E-state index < -0.39 is 0 Å². The van der Waals surface area contributed by atoms with Crippen molar-refractivity contribution < 1.29 is 5.11 Å². The maximum Gasteiger partial charge on any atom is 0.141 e. The normalized spacial score (nSPS) is 11.1. The Balaban J connectivity index is 1.78. The third-order valence-corrected chi connectivity index (χ3v) is 4.14. The van der Waals surface area contributed by atoms with E-state index >= 15 is 0 Å². The van der Waals surface area contributed by atoms with Crippen LogP contribution in [0.1, 0.15) is 63.9 Å². The lowest BCUT2D eigenvalue weighted by Gasteiger charge is -2.07. The number of hydrogen-bond acceptors (Lipinski definition) is 2. The van der Waals surface area contributed by atoms with Crippen LogP contribution in [0.2, 0.25) is 0 Å². The fourth-order valence-corrected chi connectivity index (χ4v) is 2.89. The Morgan fingerprint density at radius 1 is 0.905 bits per heavy atom. The number of hydrogen-bond donors (Lipinski definition) is 1. The summed E-state index contributed by atoms with van der Waals surface area (Å²) in [4.78, 5) is 4.28. The van der Waals surface area contributed by atoms with Gasteiger partial charge in [0.2, 0.25) is 0 Å². The van der Waals surface area contributed by atoms with Gasteiger partial charge in [0, 0.05) is 11.6 Å². The molecule has 0 unspecified atom stereocenters. The smallest absolute Gasteiger partial charge is 0.141 e. The summed E-state index contributed by atoms with van der Waals surface area (Å²) >= 11 is 0. The second kappa shape index (κ2) is 8.66. The predicted octanol–water partition coefficient (Wildman–Crippen LogP) is 5.62. The van der Waals surface area contributed by atoms with Crippen LogP contribution in [-0.2, 0) is 6.42 Å². The van der Waals surface area contributed by atoms with E-state index in [-0.39, 0.29) is 5.75 Å². The molecule has 0 amide bonds. The van der Waals surface area contributed by atoms with Crippen LogP contribution in [0, 0.1) is 0 Å². The summed E-state index contributed by atoms with van der Waals surface area (Å²) in [6.45, 7) is 2.26. The number of nitrogens with zero attached hydrogens (tertiary/aromatic N) is 1. The molecule has 2 heteroatoms. The molecule has 0 aliphatic heterocycles. The number of unbranched alkanes of at least 4 members (excludes halogenated alkanes) is 7. The third-order valence-electron chi connectivity index (χ3n) is 4.14. The zero-order chi connectivity index (χ0) is 14.9. The molecule has 1 N–H and O–H groups in total. The molecule has 1 heterocycles. The molecule has 1 aromatic heterocycles. The summed E-state index contributed by atoms with van der Waals surface area (Å²) in [7, 11) is 0. The molecule has 0 saturated heterocycles. The monoisotopic (exact) mass is 285 g/mol. The summed E-state index contributed by atoms with van der Waals surface area (Å²) in [6.07, 6.45) is 13.6. The minimum atomic E-state index is 0.283. The average Bonchev–Trinajstić information content (AvgIpc) is 2.51. The minimum Gasteiger partial charge on any atom is -0.506 e. The number of phenolic OH excluding ortho intramolecular Hbond substituents is 1. The van der Waals surface area contributed by atoms with Gasteiger partial charge in [-0.25, -0.2) is 0 Å². The number of pyridine rings is 1. The molecule has 2 nitrogen and oxygen atoms in total. The van der Waals surface area contributed by atoms with E-state index in [0.717, 1.165) is 17.3 Å². The van der Waals surface area contributed by atoms with Gasteiger partial charge in [0.05, 0.1) is 0 Å². The first-order valence-electron chi connectivity index (χ1n) is 8.38. The van der Waals surface area contributed by atoms with Gasteiger partial charge in [0.1, 0.15) is 11.3 Å². The van der Waals surface area contributed by atoms with Crippen molar-refractivity contribution in [2.24, 2.45) is 0 Å². The van der Waals surface area contributed by atoms with Crippen molar-refractivity contribution in [3.63, 3.8) is 0 Å². The maximum atomic E-state index is 9.85. The minimum absolute atomic E-state index is 0.283. The number of fused-ring (bicyclic) bond motifs is 1. The van der Waals surface area contributed by atoms with E-state index in [1.54, 1.807) is 6.07 Å². The van der Waals surface area contributed by atoms with Crippen molar-refractivity contribution in [2.75, 3.05) is 0 Å². The van der Waals surface area contributed by atoms with Crippen LogP contribution in [0.5, 0.6) is 5.75 Å². The maximum absolute atomic E-state index is 9.85. The molecule has 1 aromatic carbocycles. The van der Waals surface area contributed by atoms with Gasteiger partial charge < -0.3 is 5.11 Å². The highest BCUT2D eigenvalue weighted by molar-refractivity contribution is 5.86. The Morgan fingerprint density at radius 2 is 1.62 bits per heavy atom. The van der Waals surface area contributed by atoms with Crippen molar-refractivity contribution in [3.8, 4) is 5.75 Å². The molecule has 2 rings (SSSR count). The molecule has 0 saturated carbocycles. The Morgan fingerprint density at radius 3 is 2.38 bits per heavy atom. The molecule has 114 valence electrons. The van der Waals surface area contributed by atoms with Crippen molar-refractivity contribution in [1.82, 2.24) is 4.98 Å². The molecule has 0 radical (unpaired) electrons. The SMILES string of the molecule is CCCCCCCCCCc1ccnc2c(O)cccc12. The van der Waals surface area contributed by atoms with Crippen molar-refractivity contribution >= 4 is 10.9 Å². The van der Waals surface area contributed by atoms with E-state index in [2.05, 4.69) is 24.0 Å². The van der Waals surface area contributed by atoms with Gasteiger partial charge in [-0.1, -0.05) is 64.0 Å². The number of aromatic nitrogens is 1. The van der Waals surface area contributed by atoms with Gasteiger partial charge in [0.25, 0.3) is 0 Å². The Kier molecular flexibility index (Phi) is 6.52. The van der Waals surface area contributed by atoms with Crippen LogP contribution in [0.15, 0.2) is 30.5 Å². The molecule has 0 atom stereocenters. The molecule has 0 bridgehead atoms. The van der Waals surface area contributed by atoms with E-state index in [9.17, 15) is 5.11 Å². The zero-order valence-corrected chi connectivity index (χ0v) is 13.1. The van der Waals surface area contributed by atoms with Crippen LogP contribution >= 0.6 is 0 Å². The van der Waals surface area contributed by atoms with Crippen LogP contribution in [0.3, 0.4) is 0 Å². The fraction of sp³-hybridized carbons (Fsp3) is 0.526. The molecular weight excluding hydrogens is 258 g/mol. The predicted molar refractivity (Wildman–Crippen MR) is 89.7 cm³/mol. The zero-order valence-electron chi connectivity index (χ0n) is 13.1. The topological polar surface area (TPSA) is 33.1 Å². The first-order chi connectivity index (χ1) is 10.3. The number of rotatable bonds is 9. The highest BCUT2D eigenvalue weighted by Gasteiger charge is 2.05. The highest BCUT2D eigenvalue weighted by Crippen LogP contribution is 2.25. The van der Waals surface area contributed by atoms with Gasteiger partial charge in [-0.15, -0.1) is 0 Å². The quantitative estimate of drug-likeness (QED) is 0.606. The number of aryl methyl sites for hydroxylation is 1. The first-order valence-corrected chi connectivity index (χ1v) is 8.38. The van der Waals surface area contributed by atoms with E-state index in [1.807, 2.05) is 12.3 Å². The Bertz CT molecular complexity index is 550. The van der Waals surface area contributed by atoms with Crippen molar-refractivity contribution in [2.45, 2.75) is 64.7 Å². The summed E-state index contributed by atoms with van der Waals surface area (Å²) < 4.78 is 0. The van der Waals surface area contributed by atoms with Gasteiger partial charge in [-0.2, -0.15) is 0 Å². The lowest BCUT2D eigenvalue weighted by molar-refractivity contribution is 0.480. The molecular formula is C19H27NO. The highest BCUT2D eigenvalue weighted by atomic mass is 16.3. The fourth-order valence-electron chi connectivity index (χ4n) is 2.89. The van der Waals surface area contributed by atoms with Crippen molar-refractivity contribution in [3.05, 3.63) is 36.0 Å². The second-order valence-corrected chi connectivity index (χ2v) is 5.87. The molecule has 0 fully saturated rings. The van der Waals surface area contributed by atoms with Crippen LogP contribution in [-0.4, -0.2) is 10.1 Å². The average molecular weight is 285 g/mol. The largest absolute Gasteiger partial charge is 0.506 e. The molecule has 0 spiro atoms. The van der Waals surface area contributed by atoms with Crippen molar-refractivity contribution in [1.29, 1.82) is 0 Å². The Hall–Kier alpha value is -1.57. The van der Waals surface area contributed by atoms with E-state index in [0.29, 0.717) is 0 Å².